The second-order valence-electron chi connectivity index (χ2n) is 3.70. The van der Waals surface area contributed by atoms with E-state index in [2.05, 4.69) is 20.7 Å². The van der Waals surface area contributed by atoms with E-state index in [1.165, 1.54) is 18.2 Å². The van der Waals surface area contributed by atoms with Gasteiger partial charge in [0.05, 0.1) is 0 Å². The third-order valence-corrected chi connectivity index (χ3v) is 2.89. The average molecular weight is 335 g/mol. The van der Waals surface area contributed by atoms with Gasteiger partial charge in [-0.3, -0.25) is 0 Å². The first-order valence-electron chi connectivity index (χ1n) is 5.57. The van der Waals surface area contributed by atoms with Crippen LogP contribution in [0.5, 0.6) is 5.75 Å². The minimum atomic E-state index is -2.90. The lowest BCUT2D eigenvalue weighted by molar-refractivity contribution is -0.131. The van der Waals surface area contributed by atoms with Crippen LogP contribution in [0.15, 0.2) is 24.3 Å². The van der Waals surface area contributed by atoms with Crippen molar-refractivity contribution in [2.24, 2.45) is 0 Å². The monoisotopic (exact) mass is 334 g/mol. The molecule has 1 N–H and O–H groups in total. The van der Waals surface area contributed by atoms with Gasteiger partial charge in [-0.15, -0.1) is 0 Å². The molecule has 3 nitrogen and oxygen atoms in total. The fourth-order valence-corrected chi connectivity index (χ4v) is 1.83. The molecule has 0 aliphatic carbocycles. The molecule has 0 radical (unpaired) electrons. The van der Waals surface area contributed by atoms with Gasteiger partial charge in [0.15, 0.2) is 0 Å². The standard InChI is InChI=1S/C13H13BrF2O3/c14-7-1-2-9-3-5-11(19-13(15)16)8-10(9)4-6-12(17)18/h3-6,8,13H,1-2,7H2,(H,17,18)/b6-4+. The van der Waals surface area contributed by atoms with E-state index in [0.717, 1.165) is 29.8 Å². The highest BCUT2D eigenvalue weighted by molar-refractivity contribution is 9.09. The number of hydrogen-bond acceptors (Lipinski definition) is 2. The van der Waals surface area contributed by atoms with Gasteiger partial charge < -0.3 is 9.84 Å². The van der Waals surface area contributed by atoms with Crippen molar-refractivity contribution in [1.82, 2.24) is 0 Å². The Balaban J connectivity index is 2.99. The summed E-state index contributed by atoms with van der Waals surface area (Å²) in [6, 6.07) is 4.53. The van der Waals surface area contributed by atoms with Crippen LogP contribution in [-0.2, 0) is 11.2 Å². The molecule has 1 aromatic carbocycles. The first-order valence-corrected chi connectivity index (χ1v) is 6.69. The predicted molar refractivity (Wildman–Crippen MR) is 71.9 cm³/mol. The van der Waals surface area contributed by atoms with Crippen LogP contribution < -0.4 is 4.74 Å². The molecule has 1 aromatic rings. The molecule has 104 valence electrons. The van der Waals surface area contributed by atoms with Crippen LogP contribution in [0.1, 0.15) is 17.5 Å². The number of carbonyl (C=O) groups is 1. The van der Waals surface area contributed by atoms with Crippen LogP contribution in [-0.4, -0.2) is 23.0 Å². The van der Waals surface area contributed by atoms with Crippen molar-refractivity contribution >= 4 is 28.0 Å². The largest absolute Gasteiger partial charge is 0.478 e. The summed E-state index contributed by atoms with van der Waals surface area (Å²) in [6.45, 7) is -2.90. The summed E-state index contributed by atoms with van der Waals surface area (Å²) in [4.78, 5) is 10.5. The van der Waals surface area contributed by atoms with Crippen molar-refractivity contribution in [3.63, 3.8) is 0 Å². The number of carboxylic acid groups (broad SMARTS) is 1. The Morgan fingerprint density at radius 3 is 2.79 bits per heavy atom. The first kappa shape index (κ1) is 15.6. The van der Waals surface area contributed by atoms with Gasteiger partial charge in [-0.05, 0) is 42.2 Å². The Morgan fingerprint density at radius 2 is 2.21 bits per heavy atom. The summed E-state index contributed by atoms with van der Waals surface area (Å²) in [6.07, 6.45) is 3.94. The molecule has 19 heavy (non-hydrogen) atoms. The third-order valence-electron chi connectivity index (χ3n) is 2.33. The van der Waals surface area contributed by atoms with Crippen molar-refractivity contribution in [1.29, 1.82) is 0 Å². The van der Waals surface area contributed by atoms with Crippen molar-refractivity contribution in [3.05, 3.63) is 35.4 Å². The molecule has 0 unspecified atom stereocenters. The molecule has 0 fully saturated rings. The zero-order valence-corrected chi connectivity index (χ0v) is 11.6. The predicted octanol–water partition coefficient (Wildman–Crippen LogP) is 3.71. The van der Waals surface area contributed by atoms with Crippen LogP contribution in [0.25, 0.3) is 6.08 Å². The molecule has 0 atom stereocenters. The van der Waals surface area contributed by atoms with E-state index >= 15 is 0 Å². The van der Waals surface area contributed by atoms with Gasteiger partial charge in [-0.25, -0.2) is 4.79 Å². The minimum absolute atomic E-state index is 0.0163. The molecule has 0 aromatic heterocycles. The van der Waals surface area contributed by atoms with Crippen molar-refractivity contribution in [3.8, 4) is 5.75 Å². The maximum atomic E-state index is 12.1. The topological polar surface area (TPSA) is 46.5 Å². The van der Waals surface area contributed by atoms with Gasteiger partial charge in [0, 0.05) is 11.4 Å². The van der Waals surface area contributed by atoms with Crippen molar-refractivity contribution < 1.29 is 23.4 Å². The lowest BCUT2D eigenvalue weighted by Gasteiger charge is -2.09. The van der Waals surface area contributed by atoms with Gasteiger partial charge in [0.2, 0.25) is 0 Å². The third kappa shape index (κ3) is 5.83. The van der Waals surface area contributed by atoms with Crippen LogP contribution >= 0.6 is 15.9 Å². The van der Waals surface area contributed by atoms with E-state index in [9.17, 15) is 13.6 Å². The fourth-order valence-electron chi connectivity index (χ4n) is 1.55. The zero-order valence-electron chi connectivity index (χ0n) is 9.98. The molecule has 0 spiro atoms. The molecule has 0 saturated carbocycles. The highest BCUT2D eigenvalue weighted by Crippen LogP contribution is 2.22. The highest BCUT2D eigenvalue weighted by Gasteiger charge is 2.07. The van der Waals surface area contributed by atoms with Gasteiger partial charge in [0.1, 0.15) is 5.75 Å². The second kappa shape index (κ2) is 7.89. The van der Waals surface area contributed by atoms with Crippen molar-refractivity contribution in [2.75, 3.05) is 5.33 Å². The average Bonchev–Trinajstić information content (AvgIpc) is 2.34. The fraction of sp³-hybridized carbons (Fsp3) is 0.308. The number of benzene rings is 1. The Hall–Kier alpha value is -1.43. The Bertz CT molecular complexity index is 461. The van der Waals surface area contributed by atoms with Crippen molar-refractivity contribution in [2.45, 2.75) is 19.5 Å². The molecule has 0 heterocycles. The van der Waals surface area contributed by atoms with E-state index in [1.807, 2.05) is 0 Å². The number of aryl methyl sites for hydroxylation is 1. The normalized spacial score (nSPS) is 11.2. The van der Waals surface area contributed by atoms with E-state index in [1.54, 1.807) is 6.07 Å². The first-order chi connectivity index (χ1) is 9.02. The highest BCUT2D eigenvalue weighted by atomic mass is 79.9. The number of rotatable bonds is 7. The van der Waals surface area contributed by atoms with Gasteiger partial charge in [-0.1, -0.05) is 22.0 Å². The molecule has 0 aliphatic rings. The Morgan fingerprint density at radius 1 is 1.47 bits per heavy atom. The maximum Gasteiger partial charge on any atom is 0.387 e. The van der Waals surface area contributed by atoms with E-state index in [4.69, 9.17) is 5.11 Å². The van der Waals surface area contributed by atoms with E-state index < -0.39 is 12.6 Å². The summed E-state index contributed by atoms with van der Waals surface area (Å²) < 4.78 is 28.6. The molecule has 0 saturated heterocycles. The number of hydrogen-bond donors (Lipinski definition) is 1. The maximum absolute atomic E-state index is 12.1. The SMILES string of the molecule is O=C(O)/C=C/c1cc(OC(F)F)ccc1CCCBr. The van der Waals surface area contributed by atoms with Crippen LogP contribution in [0.3, 0.4) is 0 Å². The molecule has 0 bridgehead atoms. The van der Waals surface area contributed by atoms with Gasteiger partial charge in [0.25, 0.3) is 0 Å². The molecular formula is C13H13BrF2O3. The Labute approximate surface area is 118 Å². The summed E-state index contributed by atoms with van der Waals surface area (Å²) in [7, 11) is 0. The molecule has 1 rings (SSSR count). The quantitative estimate of drug-likeness (QED) is 0.610. The molecular weight excluding hydrogens is 322 g/mol. The molecule has 0 amide bonds. The van der Waals surface area contributed by atoms with Crippen LogP contribution in [0.4, 0.5) is 8.78 Å². The van der Waals surface area contributed by atoms with E-state index in [0.29, 0.717) is 5.56 Å². The van der Waals surface area contributed by atoms with Gasteiger partial charge >= 0.3 is 12.6 Å². The van der Waals surface area contributed by atoms with Crippen LogP contribution in [0, 0.1) is 0 Å². The molecule has 0 aliphatic heterocycles. The molecule has 6 heteroatoms. The Kier molecular flexibility index (Phi) is 6.49. The summed E-state index contributed by atoms with van der Waals surface area (Å²) in [5.74, 6) is -1.07. The smallest absolute Gasteiger partial charge is 0.387 e. The van der Waals surface area contributed by atoms with Crippen LogP contribution in [0.2, 0.25) is 0 Å². The lowest BCUT2D eigenvalue weighted by Crippen LogP contribution is -2.02. The number of alkyl halides is 3. The van der Waals surface area contributed by atoms with E-state index in [-0.39, 0.29) is 5.75 Å². The number of ether oxygens (including phenoxy) is 1. The minimum Gasteiger partial charge on any atom is -0.478 e. The number of halogens is 3. The summed E-state index contributed by atoms with van der Waals surface area (Å²) in [5.41, 5.74) is 1.46. The summed E-state index contributed by atoms with van der Waals surface area (Å²) >= 11 is 3.30. The number of aliphatic carboxylic acids is 1. The second-order valence-corrected chi connectivity index (χ2v) is 4.50. The number of carboxylic acids is 1. The lowest BCUT2D eigenvalue weighted by atomic mass is 10.0. The van der Waals surface area contributed by atoms with Gasteiger partial charge in [-0.2, -0.15) is 8.78 Å². The zero-order chi connectivity index (χ0) is 14.3. The summed E-state index contributed by atoms with van der Waals surface area (Å²) in [5, 5.41) is 9.42.